The van der Waals surface area contributed by atoms with Crippen molar-refractivity contribution < 1.29 is 38.5 Å². The number of aliphatic hydroxyl groups is 1. The highest BCUT2D eigenvalue weighted by Gasteiger charge is 2.46. The second-order valence-corrected chi connectivity index (χ2v) is 41.0. The lowest BCUT2D eigenvalue weighted by atomic mass is 10.2. The molecule has 0 aliphatic carbocycles. The molecule has 0 fully saturated rings. The number of benzene rings is 9. The minimum Gasteiger partial charge on any atom is -0.389 e. The molecule has 111 heavy (non-hydrogen) atoms. The molecule has 0 aliphatic rings. The number of hydrogen-bond donors (Lipinski definition) is 4. The maximum absolute atomic E-state index is 11.0. The van der Waals surface area contributed by atoms with Gasteiger partial charge in [0.25, 0.3) is 0 Å². The van der Waals surface area contributed by atoms with Crippen molar-refractivity contribution in [1.29, 1.82) is 0 Å². The van der Waals surface area contributed by atoms with Crippen LogP contribution in [-0.2, 0) is 128 Å². The summed E-state index contributed by atoms with van der Waals surface area (Å²) in [6.45, 7) is 2.03. The Bertz CT molecular complexity index is 4420. The summed E-state index contributed by atoms with van der Waals surface area (Å²) in [6.07, 6.45) is 1.80. The van der Waals surface area contributed by atoms with Gasteiger partial charge in [0.05, 0.1) is 38.3 Å². The molecule has 35 heteroatoms. The Balaban J connectivity index is 0.000000275. The fraction of sp³-hybridized carbons (Fsp3) is 0.132. The summed E-state index contributed by atoms with van der Waals surface area (Å²) in [5.41, 5.74) is 11.8. The first-order valence-corrected chi connectivity index (χ1v) is 49.4. The van der Waals surface area contributed by atoms with E-state index in [0.29, 0.717) is 44.3 Å². The van der Waals surface area contributed by atoms with Crippen LogP contribution in [0.15, 0.2) is 295 Å². The standard InChI is InChI=1S/C21H18N2PS.C18H15P.C11H13NO3.C10H10N2OS.C9H9ClO2.C3H3BrN2S.C3H4N2OS.CH4N2O.BrH.P2S5/c1-4-10-18(11-5-1)24(16-21-23-22-17-25-21,19-12-6-2-7-13-19)20-14-8-3-9-15-20;1-4-10-16(11-5-1)19(17-12-6-2-7-13-17)18-14-8-3-9-15-18;13-9-12-6-11(14)8-15-7-10-4-2-1-3-5-10;1-2-4-9(5-3-1)6-13-7-10-12-11-8-14-10;10-9(11)7-12-6-8-4-2-1-3-5-8;4-1-3-6-5-2-7-3;6-1-3-5-4-2-7-3;2-3-1-4;;3-1-2-5-7-6-4/h1-15,17H,16H2;1-15H;1-5,9H,6-8H2,(H,12,13);1-5,8H,6-7H2;1-5H,6-7H2;2H,1H2;2,6H,1H2;1H,2H2,(H,3,4);1H;/q+1;;;;;;;;;. The summed E-state index contributed by atoms with van der Waals surface area (Å²) < 4.78 is 15.6. The van der Waals surface area contributed by atoms with E-state index < -0.39 is 20.4 Å². The number of carbonyl (C=O) groups is 4. The fourth-order valence-corrected chi connectivity index (χ4v) is 27.8. The number of rotatable bonds is 27. The van der Waals surface area contributed by atoms with Crippen LogP contribution in [0, 0.1) is 0 Å². The zero-order valence-electron chi connectivity index (χ0n) is 59.1. The topological polar surface area (TPSA) is 269 Å². The molecule has 5 N–H and O–H groups in total. The Morgan fingerprint density at radius 2 is 0.856 bits per heavy atom. The van der Waals surface area contributed by atoms with Crippen molar-refractivity contribution in [3.63, 3.8) is 0 Å². The van der Waals surface area contributed by atoms with Gasteiger partial charge in [-0.15, -0.1) is 103 Å². The molecule has 2 amide bonds. The summed E-state index contributed by atoms with van der Waals surface area (Å²) >= 11 is 23.6. The number of nitrogens with zero attached hydrogens (tertiary/aromatic N) is 8. The molecular formula is C76H77Br2ClN11O8P4S9+. The van der Waals surface area contributed by atoms with Crippen molar-refractivity contribution in [2.45, 2.75) is 44.5 Å². The molecule has 0 spiro atoms. The summed E-state index contributed by atoms with van der Waals surface area (Å²) in [5.74, 6) is 4.27. The highest BCUT2D eigenvalue weighted by molar-refractivity contribution is 9.08. The van der Waals surface area contributed by atoms with Gasteiger partial charge in [0.2, 0.25) is 18.1 Å². The van der Waals surface area contributed by atoms with Gasteiger partial charge < -0.3 is 24.6 Å². The number of ether oxygens (including phenoxy) is 3. The number of amides is 2. The van der Waals surface area contributed by atoms with E-state index in [-0.39, 0.29) is 49.1 Å². The molecule has 0 saturated carbocycles. The molecular weight excluding hydrogens is 1800 g/mol. The third-order valence-electron chi connectivity index (χ3n) is 13.5. The second-order valence-electron chi connectivity index (χ2n) is 20.9. The Kier molecular flexibility index (Phi) is 55.2. The molecule has 4 heterocycles. The number of hydrogen-bond acceptors (Lipinski definition) is 23. The average Bonchev–Trinajstić information content (AvgIpc) is 1.35. The number of hydrazine groups is 1. The predicted molar refractivity (Wildman–Crippen MR) is 484 cm³/mol. The van der Waals surface area contributed by atoms with Gasteiger partial charge >= 0.3 is 0 Å². The first-order valence-electron chi connectivity index (χ1n) is 32.5. The summed E-state index contributed by atoms with van der Waals surface area (Å²) in [5, 5.41) is 53.5. The van der Waals surface area contributed by atoms with Crippen LogP contribution in [-0.4, -0.2) is 89.5 Å². The van der Waals surface area contributed by atoms with E-state index in [1.54, 1.807) is 63.0 Å². The molecule has 578 valence electrons. The normalized spacial score (nSPS) is 9.92. The lowest BCUT2D eigenvalue weighted by Gasteiger charge is -2.26. The summed E-state index contributed by atoms with van der Waals surface area (Å²) in [7, 11) is 4.55. The number of ketones is 1. The van der Waals surface area contributed by atoms with Crippen molar-refractivity contribution >= 4 is 225 Å². The third kappa shape index (κ3) is 41.6. The highest BCUT2D eigenvalue weighted by Crippen LogP contribution is 2.58. The van der Waals surface area contributed by atoms with Crippen LogP contribution in [0.3, 0.4) is 0 Å². The monoisotopic (exact) mass is 1880 g/mol. The molecule has 0 bridgehead atoms. The maximum Gasteiger partial charge on any atom is 0.247 e. The Morgan fingerprint density at radius 3 is 1.16 bits per heavy atom. The largest absolute Gasteiger partial charge is 0.389 e. The Hall–Kier alpha value is -6.89. The van der Waals surface area contributed by atoms with Gasteiger partial charge in [-0.25, -0.2) is 5.84 Å². The van der Waals surface area contributed by atoms with E-state index >= 15 is 0 Å². The number of alkyl halides is 1. The number of nitrogens with two attached hydrogens (primary N) is 1. The number of aromatic nitrogens is 8. The zero-order chi connectivity index (χ0) is 78.4. The van der Waals surface area contributed by atoms with Gasteiger partial charge in [-0.1, -0.05) is 253 Å². The van der Waals surface area contributed by atoms with Crippen LogP contribution < -0.4 is 48.4 Å². The molecule has 13 rings (SSSR count). The summed E-state index contributed by atoms with van der Waals surface area (Å²) in [6, 6.07) is 94.2. The van der Waals surface area contributed by atoms with Crippen molar-refractivity contribution in [3.05, 3.63) is 332 Å². The number of Topliss-reactive ketones (excluding diaryl/α,β-unsaturated/α-hetero) is 1. The van der Waals surface area contributed by atoms with E-state index in [2.05, 4.69) is 273 Å². The van der Waals surface area contributed by atoms with Crippen molar-refractivity contribution in [2.24, 2.45) is 5.84 Å². The van der Waals surface area contributed by atoms with Crippen LogP contribution in [0.25, 0.3) is 0 Å². The van der Waals surface area contributed by atoms with Crippen LogP contribution >= 0.6 is 119 Å². The van der Waals surface area contributed by atoms with E-state index in [1.807, 2.05) is 96.5 Å². The number of aliphatic hydroxyl groups excluding tert-OH is 1. The second kappa shape index (κ2) is 63.5. The molecule has 13 aromatic rings. The first kappa shape index (κ1) is 96.5. The molecule has 0 saturated heterocycles. The highest BCUT2D eigenvalue weighted by atomic mass is 79.9. The SMILES string of the molecule is Br.BrCc1nncs1.NNC=O.O=C(Cl)COCc1ccccc1.O=CNCC(=O)COCc1ccccc1.OCc1nncs1.S=PP=S=S=S=S.c1ccc(COCc2nncs2)cc1.c1ccc(P(c2ccccc2)c2ccccc2)cc1.c1ccc([P+](Cc2nncs2)(c2ccccc2)c2ccccc2)cc1. The van der Waals surface area contributed by atoms with Gasteiger partial charge in [-0.3, -0.25) is 24.6 Å². The average molecular weight is 1880 g/mol. The molecule has 4 aromatic heterocycles. The van der Waals surface area contributed by atoms with Crippen LogP contribution in [0.4, 0.5) is 0 Å². The molecule has 0 radical (unpaired) electrons. The van der Waals surface area contributed by atoms with E-state index in [4.69, 9.17) is 35.7 Å². The minimum absolute atomic E-state index is 0. The quantitative estimate of drug-likeness (QED) is 0.00708. The molecule has 9 aromatic carbocycles. The maximum atomic E-state index is 11.0. The summed E-state index contributed by atoms with van der Waals surface area (Å²) in [4.78, 5) is 40.2. The lowest BCUT2D eigenvalue weighted by molar-refractivity contribution is -0.124. The first-order chi connectivity index (χ1) is 54.1. The van der Waals surface area contributed by atoms with E-state index in [0.717, 1.165) is 44.7 Å². The zero-order valence-corrected chi connectivity index (χ0v) is 74.1. The van der Waals surface area contributed by atoms with E-state index in [1.165, 1.54) is 76.0 Å². The molecule has 0 atom stereocenters. The number of halogens is 3. The molecule has 0 aliphatic heterocycles. The van der Waals surface area contributed by atoms with Gasteiger partial charge in [0.1, 0.15) is 86.2 Å². The number of nitrogens with one attached hydrogen (secondary N) is 2. The predicted octanol–water partition coefficient (Wildman–Crippen LogP) is 14.6. The Labute approximate surface area is 709 Å². The fourth-order valence-electron chi connectivity index (χ4n) is 8.95. The van der Waals surface area contributed by atoms with Crippen LogP contribution in [0.5, 0.6) is 0 Å². The molecule has 19 nitrogen and oxygen atoms in total. The van der Waals surface area contributed by atoms with Crippen LogP contribution in [0.2, 0.25) is 0 Å². The Morgan fingerprint density at radius 1 is 0.514 bits per heavy atom. The molecule has 0 unspecified atom stereocenters. The van der Waals surface area contributed by atoms with E-state index in [9.17, 15) is 14.4 Å². The minimum atomic E-state index is -1.83. The third-order valence-corrected chi connectivity index (χ3v) is 34.2. The van der Waals surface area contributed by atoms with Gasteiger partial charge in [0.15, 0.2) is 10.8 Å². The number of carbonyl (C=O) groups excluding carboxylic acids is 4. The van der Waals surface area contributed by atoms with Crippen molar-refractivity contribution in [2.75, 3.05) is 19.8 Å². The van der Waals surface area contributed by atoms with Crippen molar-refractivity contribution in [3.8, 4) is 0 Å². The smallest absolute Gasteiger partial charge is 0.247 e. The van der Waals surface area contributed by atoms with Crippen molar-refractivity contribution in [1.82, 2.24) is 51.5 Å². The lowest BCUT2D eigenvalue weighted by Crippen LogP contribution is -2.32. The van der Waals surface area contributed by atoms with Gasteiger partial charge in [0, 0.05) is 14.1 Å². The van der Waals surface area contributed by atoms with Gasteiger partial charge in [-0.2, -0.15) is 0 Å². The van der Waals surface area contributed by atoms with Gasteiger partial charge in [-0.05, 0) is 139 Å². The van der Waals surface area contributed by atoms with Crippen LogP contribution in [0.1, 0.15) is 36.7 Å².